The highest BCUT2D eigenvalue weighted by Crippen LogP contribution is 2.32. The Morgan fingerprint density at radius 1 is 0.952 bits per heavy atom. The number of rotatable bonds is 3. The molecule has 0 atom stereocenters. The molecule has 2 aromatic rings. The number of carbonyl (C=O) groups is 1. The topological polar surface area (TPSA) is 46.3 Å². The van der Waals surface area contributed by atoms with E-state index < -0.39 is 0 Å². The van der Waals surface area contributed by atoms with Crippen molar-refractivity contribution in [3.63, 3.8) is 0 Å². The second-order valence-electron chi connectivity index (χ2n) is 5.51. The molecule has 1 heterocycles. The summed E-state index contributed by atoms with van der Waals surface area (Å²) < 4.78 is 0. The van der Waals surface area contributed by atoms with Crippen LogP contribution in [0.1, 0.15) is 29.6 Å². The van der Waals surface area contributed by atoms with E-state index in [-0.39, 0.29) is 5.91 Å². The molecule has 0 radical (unpaired) electrons. The van der Waals surface area contributed by atoms with Crippen LogP contribution in [0.5, 0.6) is 0 Å². The van der Waals surface area contributed by atoms with Gasteiger partial charge in [-0.15, -0.1) is 0 Å². The summed E-state index contributed by atoms with van der Waals surface area (Å²) in [4.78, 5) is 13.8. The van der Waals surface area contributed by atoms with E-state index in [4.69, 9.17) is 5.73 Å². The first kappa shape index (κ1) is 13.7. The standard InChI is InChI=1S/C18H20N2O/c19-18(21)15-8-6-7-14(13-15)16-9-2-3-10-17(16)20-11-4-1-5-12-20/h2-3,6-10,13H,1,4-5,11-12H2,(H2,19,21). The van der Waals surface area contributed by atoms with Gasteiger partial charge in [-0.25, -0.2) is 0 Å². The Bertz CT molecular complexity index is 645. The summed E-state index contributed by atoms with van der Waals surface area (Å²) in [5.41, 5.74) is 9.42. The van der Waals surface area contributed by atoms with E-state index in [1.165, 1.54) is 30.5 Å². The molecule has 108 valence electrons. The Kier molecular flexibility index (Phi) is 3.91. The van der Waals surface area contributed by atoms with Gasteiger partial charge in [-0.05, 0) is 43.0 Å². The summed E-state index contributed by atoms with van der Waals surface area (Å²) in [6.07, 6.45) is 3.81. The van der Waals surface area contributed by atoms with E-state index in [1.54, 1.807) is 6.07 Å². The van der Waals surface area contributed by atoms with Gasteiger partial charge in [0.1, 0.15) is 0 Å². The molecular weight excluding hydrogens is 260 g/mol. The minimum Gasteiger partial charge on any atom is -0.371 e. The number of anilines is 1. The first-order valence-corrected chi connectivity index (χ1v) is 7.50. The molecule has 1 fully saturated rings. The third-order valence-electron chi connectivity index (χ3n) is 4.06. The molecule has 0 aliphatic carbocycles. The van der Waals surface area contributed by atoms with Gasteiger partial charge in [0.2, 0.25) is 5.91 Å². The fourth-order valence-corrected chi connectivity index (χ4v) is 2.97. The van der Waals surface area contributed by atoms with Gasteiger partial charge in [-0.3, -0.25) is 4.79 Å². The fourth-order valence-electron chi connectivity index (χ4n) is 2.97. The Balaban J connectivity index is 2.02. The number of carbonyl (C=O) groups excluding carboxylic acids is 1. The van der Waals surface area contributed by atoms with Crippen LogP contribution in [-0.2, 0) is 0 Å². The van der Waals surface area contributed by atoms with Crippen LogP contribution in [0.3, 0.4) is 0 Å². The van der Waals surface area contributed by atoms with Gasteiger partial charge in [0, 0.05) is 29.9 Å². The van der Waals surface area contributed by atoms with Gasteiger partial charge in [0.05, 0.1) is 0 Å². The lowest BCUT2D eigenvalue weighted by Gasteiger charge is -2.30. The molecule has 0 bridgehead atoms. The van der Waals surface area contributed by atoms with E-state index in [0.717, 1.165) is 18.7 Å². The summed E-state index contributed by atoms with van der Waals surface area (Å²) in [5.74, 6) is -0.382. The number of nitrogens with two attached hydrogens (primary N) is 1. The lowest BCUT2D eigenvalue weighted by molar-refractivity contribution is 0.100. The van der Waals surface area contributed by atoms with Gasteiger partial charge < -0.3 is 10.6 Å². The second-order valence-corrected chi connectivity index (χ2v) is 5.51. The molecule has 1 aliphatic heterocycles. The Morgan fingerprint density at radius 2 is 1.71 bits per heavy atom. The predicted octanol–water partition coefficient (Wildman–Crippen LogP) is 3.44. The number of piperidine rings is 1. The van der Waals surface area contributed by atoms with Gasteiger partial charge in [-0.1, -0.05) is 30.3 Å². The molecule has 0 spiro atoms. The monoisotopic (exact) mass is 280 g/mol. The van der Waals surface area contributed by atoms with E-state index in [2.05, 4.69) is 23.1 Å². The molecular formula is C18H20N2O. The van der Waals surface area contributed by atoms with Crippen LogP contribution >= 0.6 is 0 Å². The van der Waals surface area contributed by atoms with Crippen molar-refractivity contribution in [1.29, 1.82) is 0 Å². The molecule has 21 heavy (non-hydrogen) atoms. The van der Waals surface area contributed by atoms with Gasteiger partial charge >= 0.3 is 0 Å². The van der Waals surface area contributed by atoms with Crippen molar-refractivity contribution in [3.05, 3.63) is 54.1 Å². The van der Waals surface area contributed by atoms with E-state index in [9.17, 15) is 4.79 Å². The molecule has 1 amide bonds. The maximum atomic E-state index is 11.4. The van der Waals surface area contributed by atoms with E-state index in [1.807, 2.05) is 24.3 Å². The van der Waals surface area contributed by atoms with Crippen LogP contribution in [0.4, 0.5) is 5.69 Å². The summed E-state index contributed by atoms with van der Waals surface area (Å²) in [5, 5.41) is 0. The molecule has 1 saturated heterocycles. The van der Waals surface area contributed by atoms with Crippen molar-refractivity contribution in [2.75, 3.05) is 18.0 Å². The van der Waals surface area contributed by atoms with Crippen molar-refractivity contribution in [2.24, 2.45) is 5.73 Å². The number of primary amides is 1. The average molecular weight is 280 g/mol. The molecule has 0 unspecified atom stereocenters. The number of hydrogen-bond donors (Lipinski definition) is 1. The first-order chi connectivity index (χ1) is 10.3. The Morgan fingerprint density at radius 3 is 2.48 bits per heavy atom. The van der Waals surface area contributed by atoms with Gasteiger partial charge in [-0.2, -0.15) is 0 Å². The molecule has 0 saturated carbocycles. The maximum absolute atomic E-state index is 11.4. The second kappa shape index (κ2) is 6.00. The lowest BCUT2D eigenvalue weighted by atomic mass is 9.99. The van der Waals surface area contributed by atoms with Crippen molar-refractivity contribution in [1.82, 2.24) is 0 Å². The number of para-hydroxylation sites is 1. The molecule has 3 nitrogen and oxygen atoms in total. The highest BCUT2D eigenvalue weighted by atomic mass is 16.1. The summed E-state index contributed by atoms with van der Waals surface area (Å²) >= 11 is 0. The number of benzene rings is 2. The van der Waals surface area contributed by atoms with Crippen molar-refractivity contribution >= 4 is 11.6 Å². The number of nitrogens with zero attached hydrogens (tertiary/aromatic N) is 1. The third kappa shape index (κ3) is 2.92. The van der Waals surface area contributed by atoms with Crippen LogP contribution in [0.2, 0.25) is 0 Å². The Labute approximate surface area is 125 Å². The smallest absolute Gasteiger partial charge is 0.248 e. The van der Waals surface area contributed by atoms with Crippen LogP contribution < -0.4 is 10.6 Å². The first-order valence-electron chi connectivity index (χ1n) is 7.50. The van der Waals surface area contributed by atoms with Crippen molar-refractivity contribution < 1.29 is 4.79 Å². The molecule has 1 aliphatic rings. The zero-order valence-electron chi connectivity index (χ0n) is 12.1. The van der Waals surface area contributed by atoms with Crippen LogP contribution in [0.25, 0.3) is 11.1 Å². The van der Waals surface area contributed by atoms with Gasteiger partial charge in [0.15, 0.2) is 0 Å². The highest BCUT2D eigenvalue weighted by Gasteiger charge is 2.15. The zero-order chi connectivity index (χ0) is 14.7. The Hall–Kier alpha value is -2.29. The molecule has 0 aromatic heterocycles. The molecule has 2 aromatic carbocycles. The van der Waals surface area contributed by atoms with E-state index >= 15 is 0 Å². The largest absolute Gasteiger partial charge is 0.371 e. The van der Waals surface area contributed by atoms with Crippen molar-refractivity contribution in [3.8, 4) is 11.1 Å². The highest BCUT2D eigenvalue weighted by molar-refractivity contribution is 5.94. The molecule has 2 N–H and O–H groups in total. The summed E-state index contributed by atoms with van der Waals surface area (Å²) in [6.45, 7) is 2.21. The maximum Gasteiger partial charge on any atom is 0.248 e. The normalized spacial score (nSPS) is 15.0. The van der Waals surface area contributed by atoms with E-state index in [0.29, 0.717) is 5.56 Å². The lowest BCUT2D eigenvalue weighted by Crippen LogP contribution is -2.29. The average Bonchev–Trinajstić information content (AvgIpc) is 2.56. The van der Waals surface area contributed by atoms with Gasteiger partial charge in [0.25, 0.3) is 0 Å². The van der Waals surface area contributed by atoms with Crippen LogP contribution in [0.15, 0.2) is 48.5 Å². The van der Waals surface area contributed by atoms with Crippen molar-refractivity contribution in [2.45, 2.75) is 19.3 Å². The third-order valence-corrected chi connectivity index (χ3v) is 4.06. The number of amides is 1. The number of hydrogen-bond acceptors (Lipinski definition) is 2. The fraction of sp³-hybridized carbons (Fsp3) is 0.278. The van der Waals surface area contributed by atoms with Crippen LogP contribution in [-0.4, -0.2) is 19.0 Å². The summed E-state index contributed by atoms with van der Waals surface area (Å²) in [6, 6.07) is 16.0. The molecule has 3 rings (SSSR count). The minimum atomic E-state index is -0.382. The minimum absolute atomic E-state index is 0.382. The molecule has 3 heteroatoms. The quantitative estimate of drug-likeness (QED) is 0.936. The zero-order valence-corrected chi connectivity index (χ0v) is 12.1. The van der Waals surface area contributed by atoms with Crippen LogP contribution in [0, 0.1) is 0 Å². The predicted molar refractivity (Wildman–Crippen MR) is 86.5 cm³/mol. The summed E-state index contributed by atoms with van der Waals surface area (Å²) in [7, 11) is 0. The SMILES string of the molecule is NC(=O)c1cccc(-c2ccccc2N2CCCCC2)c1.